The number of hydrogen-bond donors (Lipinski definition) is 4. The van der Waals surface area contributed by atoms with Crippen molar-refractivity contribution in [2.45, 2.75) is 0 Å². The first-order valence-electron chi connectivity index (χ1n) is 0.894. The zero-order chi connectivity index (χ0) is 4.50. The third kappa shape index (κ3) is 89.7. The molecule has 0 saturated heterocycles. The first-order valence-corrected chi connectivity index (χ1v) is 2.68. The van der Waals surface area contributed by atoms with Gasteiger partial charge in [-0.05, 0) is 0 Å². The van der Waals surface area contributed by atoms with E-state index >= 15 is 0 Å². The van der Waals surface area contributed by atoms with E-state index in [1.807, 2.05) is 0 Å². The molecule has 8 heteroatoms. The van der Waals surface area contributed by atoms with Gasteiger partial charge in [0.2, 0.25) is 0 Å². The maximum atomic E-state index is 7.33. The molecule has 0 aromatic heterocycles. The topological polar surface area (TPSA) is 112 Å². The fraction of sp³-hybridized carbons (Fsp3) is 0. The summed E-state index contributed by atoms with van der Waals surface area (Å²) >= 11 is 0. The van der Waals surface area contributed by atoms with Crippen LogP contribution >= 0.6 is 0 Å². The van der Waals surface area contributed by atoms with Crippen molar-refractivity contribution in [2.75, 3.05) is 0 Å². The Morgan fingerprint density at radius 3 is 0.875 bits per heavy atom. The second kappa shape index (κ2) is 9.16. The Hall–Kier alpha value is 2.16. The predicted molar refractivity (Wildman–Crippen MR) is 26.8 cm³/mol. The van der Waals surface area contributed by atoms with Gasteiger partial charge in [-0.25, -0.2) is 0 Å². The van der Waals surface area contributed by atoms with Crippen molar-refractivity contribution in [3.63, 3.8) is 0 Å². The van der Waals surface area contributed by atoms with Crippen LogP contribution in [0.15, 0.2) is 0 Å². The van der Waals surface area contributed by atoms with Crippen LogP contribution in [0.25, 0.3) is 0 Å². The predicted octanol–water partition coefficient (Wildman–Crippen LogP) is -4.35. The molecule has 48 valence electrons. The molecular weight excluding hydrogens is 239 g/mol. The zero-order valence-corrected chi connectivity index (χ0v) is 6.75. The van der Waals surface area contributed by atoms with Crippen LogP contribution in [0.4, 0.5) is 0 Å². The van der Waals surface area contributed by atoms with E-state index in [1.165, 1.54) is 0 Å². The van der Waals surface area contributed by atoms with Crippen LogP contribution in [0, 0.1) is 0 Å². The molecule has 0 saturated carbocycles. The Bertz CT molecular complexity index is 27.9. The molecule has 0 bridgehead atoms. The Morgan fingerprint density at radius 2 is 0.875 bits per heavy atom. The normalized spacial score (nSPS) is 7.50. The van der Waals surface area contributed by atoms with Gasteiger partial charge in [0, 0.05) is 26.2 Å². The van der Waals surface area contributed by atoms with Crippen molar-refractivity contribution in [2.24, 2.45) is 0 Å². The van der Waals surface area contributed by atoms with Gasteiger partial charge in [-0.2, -0.15) is 0 Å². The minimum Gasteiger partial charge on any atom is 0 e. The first kappa shape index (κ1) is 22.5. The summed E-state index contributed by atoms with van der Waals surface area (Å²) in [6, 6.07) is 0. The fourth-order valence-corrected chi connectivity index (χ4v) is 0. The molecule has 0 amide bonds. The Kier molecular flexibility index (Phi) is 25.7. The quantitative estimate of drug-likeness (QED) is 0.324. The molecule has 0 spiro atoms. The maximum absolute atomic E-state index is 7.33. The van der Waals surface area contributed by atoms with Gasteiger partial charge in [0.1, 0.15) is 0 Å². The van der Waals surface area contributed by atoms with E-state index in [1.54, 1.807) is 0 Å². The van der Waals surface area contributed by atoms with Crippen LogP contribution in [0.2, 0.25) is 0 Å². The Morgan fingerprint density at radius 1 is 0.875 bits per heavy atom. The molecule has 0 heterocycles. The molecule has 0 aliphatic rings. The molecule has 0 rings (SSSR count). The molecule has 0 fully saturated rings. The van der Waals surface area contributed by atoms with E-state index in [4.69, 9.17) is 19.2 Å². The van der Waals surface area contributed by atoms with Crippen molar-refractivity contribution in [3.8, 4) is 0 Å². The summed E-state index contributed by atoms with van der Waals surface area (Å²) in [4.78, 5) is 29.3. The molecule has 0 radical (unpaired) electrons. The van der Waals surface area contributed by atoms with Crippen molar-refractivity contribution in [1.29, 1.82) is 0 Å². The van der Waals surface area contributed by atoms with Crippen LogP contribution in [0.1, 0.15) is 0 Å². The number of rotatable bonds is 0. The van der Waals surface area contributed by atoms with Crippen molar-refractivity contribution in [1.82, 2.24) is 0 Å². The first-order chi connectivity index (χ1) is 2.00. The van der Waals surface area contributed by atoms with Crippen molar-refractivity contribution < 1.29 is 50.9 Å². The molecule has 0 aromatic rings. The van der Waals surface area contributed by atoms with Crippen LogP contribution in [-0.2, 0) is 26.2 Å². The van der Waals surface area contributed by atoms with E-state index in [2.05, 4.69) is 0 Å². The van der Waals surface area contributed by atoms with E-state index < -0.39 is 9.05 Å². The molecule has 8 heavy (non-hydrogen) atoms. The summed E-state index contributed by atoms with van der Waals surface area (Å²) in [6.45, 7) is 0. The average molecular weight is 247 g/mol. The second-order valence-electron chi connectivity index (χ2n) is 0.600. The molecule has 0 unspecified atom stereocenters. The van der Waals surface area contributed by atoms with E-state index in [-0.39, 0.29) is 69.4 Å². The van der Waals surface area contributed by atoms with Gasteiger partial charge in [0.25, 0.3) is 0 Å². The fourth-order valence-electron chi connectivity index (χ4n) is 0. The summed E-state index contributed by atoms with van der Waals surface area (Å²) in [5.74, 6) is 0. The smallest absolute Gasteiger partial charge is 0 e. The van der Waals surface area contributed by atoms with Crippen LogP contribution in [0.3, 0.4) is 0 Å². The Balaban J connectivity index is -0.0000000267. The van der Waals surface area contributed by atoms with Crippen molar-refractivity contribution >= 4 is 46.8 Å². The third-order valence-electron chi connectivity index (χ3n) is 0. The van der Waals surface area contributed by atoms with E-state index in [0.717, 1.165) is 0 Å². The molecule has 5 nitrogen and oxygen atoms in total. The second-order valence-corrected chi connectivity index (χ2v) is 1.80. The van der Waals surface area contributed by atoms with Gasteiger partial charge < -0.3 is 24.7 Å². The van der Waals surface area contributed by atoms with E-state index in [9.17, 15) is 0 Å². The van der Waals surface area contributed by atoms with Crippen LogP contribution in [-0.4, -0.2) is 71.4 Å². The summed E-state index contributed by atoms with van der Waals surface area (Å²) in [6.07, 6.45) is 0. The molecular formula is H8CaO5SiZr. The van der Waals surface area contributed by atoms with Gasteiger partial charge in [-0.3, -0.25) is 0 Å². The molecule has 0 aromatic carbocycles. The maximum Gasteiger partial charge on any atom is 0 e. The van der Waals surface area contributed by atoms with Gasteiger partial charge in [0.15, 0.2) is 0 Å². The Labute approximate surface area is 96.3 Å². The average Bonchev–Trinajstić information content (AvgIpc) is 0.722. The standard InChI is InChI=1S/Ca.H4O4Si.H2O.Zr.2H/c;1-5(2,3)4;;;;/h;1-4H;1H2;;;. The SMILES string of the molecule is O.O[Si](O)(O)O.[CaH2].[Zr]. The molecule has 0 aliphatic carbocycles. The summed E-state index contributed by atoms with van der Waals surface area (Å²) in [7, 11) is -4.61. The minimum atomic E-state index is -4.61. The molecule has 0 aliphatic heterocycles. The van der Waals surface area contributed by atoms with Crippen molar-refractivity contribution in [3.05, 3.63) is 0 Å². The largest absolute Gasteiger partial charge is 0 e. The summed E-state index contributed by atoms with van der Waals surface area (Å²) in [5, 5.41) is 0. The van der Waals surface area contributed by atoms with Crippen LogP contribution < -0.4 is 0 Å². The third-order valence-corrected chi connectivity index (χ3v) is 0. The summed E-state index contributed by atoms with van der Waals surface area (Å²) in [5.41, 5.74) is 0. The van der Waals surface area contributed by atoms with Crippen LogP contribution in [0.5, 0.6) is 0 Å². The van der Waals surface area contributed by atoms with Gasteiger partial charge >= 0.3 is 46.8 Å². The monoisotopic (exact) mass is 246 g/mol. The van der Waals surface area contributed by atoms with E-state index in [0.29, 0.717) is 0 Å². The molecule has 6 N–H and O–H groups in total. The molecule has 0 atom stereocenters. The zero-order valence-electron chi connectivity index (χ0n) is 3.29. The summed E-state index contributed by atoms with van der Waals surface area (Å²) < 4.78 is 0. The minimum absolute atomic E-state index is 0. The van der Waals surface area contributed by atoms with Gasteiger partial charge in [-0.1, -0.05) is 0 Å². The van der Waals surface area contributed by atoms with Gasteiger partial charge in [-0.15, -0.1) is 0 Å². The number of hydrogen-bond acceptors (Lipinski definition) is 4. The van der Waals surface area contributed by atoms with Gasteiger partial charge in [0.05, 0.1) is 0 Å².